The average Bonchev–Trinajstić information content (AvgIpc) is 2.92. The maximum absolute atomic E-state index is 12.8. The van der Waals surface area contributed by atoms with E-state index in [4.69, 9.17) is 11.6 Å². The van der Waals surface area contributed by atoms with Crippen molar-refractivity contribution >= 4 is 21.4 Å². The van der Waals surface area contributed by atoms with Crippen LogP contribution in [0.3, 0.4) is 0 Å². The van der Waals surface area contributed by atoms with Crippen LogP contribution in [0.5, 0.6) is 0 Å². The van der Waals surface area contributed by atoms with Gasteiger partial charge in [-0.15, -0.1) is 5.10 Å². The summed E-state index contributed by atoms with van der Waals surface area (Å²) in [6.07, 6.45) is 0. The lowest BCUT2D eigenvalue weighted by molar-refractivity contribution is 0.591. The molecule has 124 valence electrons. The van der Waals surface area contributed by atoms with E-state index in [0.29, 0.717) is 16.4 Å². The Hall–Kier alpha value is -2.18. The summed E-state index contributed by atoms with van der Waals surface area (Å²) < 4.78 is 27.1. The monoisotopic (exact) mass is 361 g/mol. The number of hydrogen-bond acceptors (Lipinski definition) is 4. The zero-order chi connectivity index (χ0) is 17.5. The molecule has 0 saturated heterocycles. The predicted molar refractivity (Wildman–Crippen MR) is 92.5 cm³/mol. The van der Waals surface area contributed by atoms with Gasteiger partial charge in [0.25, 0.3) is 0 Å². The SMILES string of the molecule is Cc1ccc(S(=O)(=O)c2nnn(-c3cc(Cl)ccc3C)c2C)cc1. The van der Waals surface area contributed by atoms with Crippen LogP contribution in [0.15, 0.2) is 52.4 Å². The van der Waals surface area contributed by atoms with Gasteiger partial charge in [-0.25, -0.2) is 13.1 Å². The topological polar surface area (TPSA) is 64.8 Å². The van der Waals surface area contributed by atoms with Crippen molar-refractivity contribution in [1.29, 1.82) is 0 Å². The van der Waals surface area contributed by atoms with E-state index >= 15 is 0 Å². The molecule has 3 rings (SSSR count). The van der Waals surface area contributed by atoms with Crippen molar-refractivity contribution < 1.29 is 8.42 Å². The molecule has 0 aliphatic carbocycles. The van der Waals surface area contributed by atoms with E-state index in [2.05, 4.69) is 10.3 Å². The Labute approximate surface area is 145 Å². The quantitative estimate of drug-likeness (QED) is 0.713. The number of aromatic nitrogens is 3. The molecule has 0 unspecified atom stereocenters. The van der Waals surface area contributed by atoms with Crippen LogP contribution in [0.1, 0.15) is 16.8 Å². The molecule has 0 N–H and O–H groups in total. The maximum atomic E-state index is 12.8. The van der Waals surface area contributed by atoms with Crippen LogP contribution in [0, 0.1) is 20.8 Å². The Balaban J connectivity index is 2.13. The summed E-state index contributed by atoms with van der Waals surface area (Å²) in [4.78, 5) is 0.200. The molecule has 1 heterocycles. The summed E-state index contributed by atoms with van der Waals surface area (Å²) in [6, 6.07) is 12.0. The summed E-state index contributed by atoms with van der Waals surface area (Å²) in [5.41, 5.74) is 3.06. The van der Waals surface area contributed by atoms with E-state index in [-0.39, 0.29) is 9.92 Å². The second-order valence-corrected chi connectivity index (χ2v) is 7.94. The predicted octanol–water partition coefficient (Wildman–Crippen LogP) is 3.68. The number of aryl methyl sites for hydroxylation is 2. The van der Waals surface area contributed by atoms with Gasteiger partial charge < -0.3 is 0 Å². The second kappa shape index (κ2) is 6.03. The van der Waals surface area contributed by atoms with E-state index < -0.39 is 9.84 Å². The van der Waals surface area contributed by atoms with Gasteiger partial charge in [-0.1, -0.05) is 40.6 Å². The zero-order valence-corrected chi connectivity index (χ0v) is 15.1. The number of hydrogen-bond donors (Lipinski definition) is 0. The molecule has 0 amide bonds. The van der Waals surface area contributed by atoms with Crippen LogP contribution in [0.4, 0.5) is 0 Å². The van der Waals surface area contributed by atoms with Gasteiger partial charge in [0.2, 0.25) is 14.9 Å². The van der Waals surface area contributed by atoms with Crippen molar-refractivity contribution in [3.05, 3.63) is 64.3 Å². The van der Waals surface area contributed by atoms with E-state index in [1.165, 1.54) is 4.68 Å². The fraction of sp³-hybridized carbons (Fsp3) is 0.176. The zero-order valence-electron chi connectivity index (χ0n) is 13.5. The third-order valence-corrected chi connectivity index (χ3v) is 5.85. The van der Waals surface area contributed by atoms with Crippen molar-refractivity contribution in [3.63, 3.8) is 0 Å². The van der Waals surface area contributed by atoms with Crippen LogP contribution in [0.25, 0.3) is 5.69 Å². The van der Waals surface area contributed by atoms with E-state index in [1.807, 2.05) is 19.9 Å². The Morgan fingerprint density at radius 2 is 1.67 bits per heavy atom. The van der Waals surface area contributed by atoms with Crippen LogP contribution < -0.4 is 0 Å². The van der Waals surface area contributed by atoms with E-state index in [0.717, 1.165) is 11.1 Å². The Morgan fingerprint density at radius 3 is 2.33 bits per heavy atom. The molecule has 1 aromatic heterocycles. The molecule has 0 radical (unpaired) electrons. The van der Waals surface area contributed by atoms with Gasteiger partial charge in [0.05, 0.1) is 16.3 Å². The molecule has 0 atom stereocenters. The summed E-state index contributed by atoms with van der Waals surface area (Å²) >= 11 is 6.05. The number of halogens is 1. The Bertz CT molecular complexity index is 1010. The molecular formula is C17H16ClN3O2S. The van der Waals surface area contributed by atoms with Crippen LogP contribution in [-0.4, -0.2) is 23.4 Å². The minimum Gasteiger partial charge on any atom is -0.217 e. The first-order valence-corrected chi connectivity index (χ1v) is 9.17. The third-order valence-electron chi connectivity index (χ3n) is 3.84. The molecule has 0 aliphatic heterocycles. The second-order valence-electron chi connectivity index (χ2n) is 5.64. The van der Waals surface area contributed by atoms with Gasteiger partial charge >= 0.3 is 0 Å². The normalized spacial score (nSPS) is 11.7. The fourth-order valence-electron chi connectivity index (χ4n) is 2.43. The van der Waals surface area contributed by atoms with Crippen LogP contribution in [-0.2, 0) is 9.84 Å². The smallest absolute Gasteiger partial charge is 0.217 e. The lowest BCUT2D eigenvalue weighted by atomic mass is 10.2. The summed E-state index contributed by atoms with van der Waals surface area (Å²) in [5.74, 6) is 0. The summed E-state index contributed by atoms with van der Waals surface area (Å²) in [6.45, 7) is 5.49. The minimum absolute atomic E-state index is 0.0503. The standard InChI is InChI=1S/C17H16ClN3O2S/c1-11-4-8-15(9-5-11)24(22,23)17-13(3)21(20-19-17)16-10-14(18)7-6-12(16)2/h4-10H,1-3H3. The molecule has 5 nitrogen and oxygen atoms in total. The number of rotatable bonds is 3. The van der Waals surface area contributed by atoms with Crippen molar-refractivity contribution in [3.8, 4) is 5.69 Å². The molecule has 0 fully saturated rings. The molecule has 0 saturated carbocycles. The van der Waals surface area contributed by atoms with E-state index in [1.54, 1.807) is 43.3 Å². The molecule has 2 aromatic carbocycles. The molecular weight excluding hydrogens is 346 g/mol. The first-order chi connectivity index (χ1) is 11.3. The van der Waals surface area contributed by atoms with Gasteiger partial charge in [-0.2, -0.15) is 0 Å². The van der Waals surface area contributed by atoms with Crippen molar-refractivity contribution in [1.82, 2.24) is 15.0 Å². The Kier molecular flexibility index (Phi) is 4.19. The maximum Gasteiger partial charge on any atom is 0.227 e. The fourth-order valence-corrected chi connectivity index (χ4v) is 3.94. The number of nitrogens with zero attached hydrogens (tertiary/aromatic N) is 3. The van der Waals surface area contributed by atoms with Crippen LogP contribution in [0.2, 0.25) is 5.02 Å². The van der Waals surface area contributed by atoms with Gasteiger partial charge in [0.15, 0.2) is 0 Å². The summed E-state index contributed by atoms with van der Waals surface area (Å²) in [7, 11) is -3.72. The molecule has 0 aliphatic rings. The number of benzene rings is 2. The van der Waals surface area contributed by atoms with Gasteiger partial charge in [0.1, 0.15) is 0 Å². The number of sulfone groups is 1. The lowest BCUT2D eigenvalue weighted by Gasteiger charge is -2.08. The Morgan fingerprint density at radius 1 is 1.00 bits per heavy atom. The highest BCUT2D eigenvalue weighted by atomic mass is 35.5. The van der Waals surface area contributed by atoms with Crippen LogP contribution >= 0.6 is 11.6 Å². The first-order valence-electron chi connectivity index (χ1n) is 7.31. The highest BCUT2D eigenvalue weighted by molar-refractivity contribution is 7.91. The lowest BCUT2D eigenvalue weighted by Crippen LogP contribution is -2.06. The summed E-state index contributed by atoms with van der Waals surface area (Å²) in [5, 5.41) is 8.44. The third kappa shape index (κ3) is 2.83. The highest BCUT2D eigenvalue weighted by Gasteiger charge is 2.26. The highest BCUT2D eigenvalue weighted by Crippen LogP contribution is 2.25. The van der Waals surface area contributed by atoms with Gasteiger partial charge in [0, 0.05) is 5.02 Å². The van der Waals surface area contributed by atoms with Crippen molar-refractivity contribution in [2.45, 2.75) is 30.7 Å². The first kappa shape index (κ1) is 16.7. The van der Waals surface area contributed by atoms with Crippen molar-refractivity contribution in [2.24, 2.45) is 0 Å². The average molecular weight is 362 g/mol. The minimum atomic E-state index is -3.72. The molecule has 3 aromatic rings. The van der Waals surface area contributed by atoms with Crippen molar-refractivity contribution in [2.75, 3.05) is 0 Å². The largest absolute Gasteiger partial charge is 0.227 e. The molecule has 0 spiro atoms. The molecule has 7 heteroatoms. The van der Waals surface area contributed by atoms with Gasteiger partial charge in [-0.3, -0.25) is 0 Å². The molecule has 0 bridgehead atoms. The molecule has 24 heavy (non-hydrogen) atoms. The van der Waals surface area contributed by atoms with Gasteiger partial charge in [-0.05, 0) is 50.6 Å². The van der Waals surface area contributed by atoms with E-state index in [9.17, 15) is 8.42 Å².